The van der Waals surface area contributed by atoms with Crippen molar-refractivity contribution >= 4 is 39.0 Å². The highest BCUT2D eigenvalue weighted by Gasteiger charge is 2.27. The largest absolute Gasteiger partial charge is 0.301 e. The van der Waals surface area contributed by atoms with Crippen LogP contribution >= 0.6 is 12.2 Å². The molecule has 0 fully saturated rings. The maximum absolute atomic E-state index is 5.80. The molecule has 138 valence electrons. The molecule has 0 unspecified atom stereocenters. The van der Waals surface area contributed by atoms with Crippen LogP contribution in [0.2, 0.25) is 0 Å². The van der Waals surface area contributed by atoms with E-state index in [2.05, 4.69) is 89.5 Å². The lowest BCUT2D eigenvalue weighted by atomic mass is 9.93. The molecule has 0 amide bonds. The lowest BCUT2D eigenvalue weighted by molar-refractivity contribution is 0.936. The van der Waals surface area contributed by atoms with E-state index < -0.39 is 0 Å². The number of hydrogen-bond acceptors (Lipinski definition) is 2. The van der Waals surface area contributed by atoms with Crippen molar-refractivity contribution in [1.29, 1.82) is 0 Å². The van der Waals surface area contributed by atoms with Crippen LogP contribution in [-0.4, -0.2) is 14.5 Å². The van der Waals surface area contributed by atoms with E-state index >= 15 is 0 Å². The van der Waals surface area contributed by atoms with Gasteiger partial charge in [-0.2, -0.15) is 0 Å². The third-order valence-electron chi connectivity index (χ3n) is 5.82. The van der Waals surface area contributed by atoms with Crippen molar-refractivity contribution in [2.24, 2.45) is 0 Å². The number of hydrogen-bond donors (Lipinski definition) is 0. The Labute approximate surface area is 174 Å². The number of pyridine rings is 1. The Balaban J connectivity index is 1.88. The first kappa shape index (κ1) is 16.6. The van der Waals surface area contributed by atoms with Crippen LogP contribution in [0.15, 0.2) is 84.9 Å². The van der Waals surface area contributed by atoms with Crippen LogP contribution in [0.3, 0.4) is 0 Å². The summed E-state index contributed by atoms with van der Waals surface area (Å²) in [5, 5.41) is 2.50. The van der Waals surface area contributed by atoms with Crippen molar-refractivity contribution in [2.75, 3.05) is 0 Å². The Morgan fingerprint density at radius 2 is 1.38 bits per heavy atom. The summed E-state index contributed by atoms with van der Waals surface area (Å²) < 4.78 is 2.26. The zero-order valence-electron chi connectivity index (χ0n) is 15.8. The molecule has 6 rings (SSSR count). The van der Waals surface area contributed by atoms with Gasteiger partial charge in [0.05, 0.1) is 27.4 Å². The van der Waals surface area contributed by atoms with Crippen LogP contribution in [-0.2, 0) is 6.42 Å². The molecule has 0 spiro atoms. The molecule has 0 radical (unpaired) electrons. The maximum atomic E-state index is 5.80. The molecule has 3 heteroatoms. The van der Waals surface area contributed by atoms with Crippen molar-refractivity contribution in [1.82, 2.24) is 9.55 Å². The van der Waals surface area contributed by atoms with Gasteiger partial charge >= 0.3 is 0 Å². The van der Waals surface area contributed by atoms with Crippen LogP contribution in [0.1, 0.15) is 12.1 Å². The number of fused-ring (bicyclic) bond motifs is 3. The monoisotopic (exact) mass is 390 g/mol. The molecule has 1 aliphatic heterocycles. The molecule has 1 aliphatic rings. The van der Waals surface area contributed by atoms with E-state index in [9.17, 15) is 0 Å². The SMILES string of the molecule is S=C1CCc2nc(-c3ccccc3)c(-c3ccccc3)c3c4ccccc4n1c23. The summed E-state index contributed by atoms with van der Waals surface area (Å²) in [4.78, 5) is 6.21. The van der Waals surface area contributed by atoms with Crippen molar-refractivity contribution in [2.45, 2.75) is 12.8 Å². The lowest BCUT2D eigenvalue weighted by Crippen LogP contribution is -2.17. The molecule has 5 aromatic rings. The highest BCUT2D eigenvalue weighted by atomic mass is 32.1. The maximum Gasteiger partial charge on any atom is 0.0874 e. The third kappa shape index (κ3) is 2.41. The second-order valence-corrected chi connectivity index (χ2v) is 7.96. The smallest absolute Gasteiger partial charge is 0.0874 e. The first-order valence-corrected chi connectivity index (χ1v) is 10.3. The van der Waals surface area contributed by atoms with E-state index in [0.717, 1.165) is 34.8 Å². The second kappa shape index (κ2) is 6.36. The van der Waals surface area contributed by atoms with Crippen LogP contribution < -0.4 is 0 Å². The summed E-state index contributed by atoms with van der Waals surface area (Å²) in [6, 6.07) is 29.7. The standard InChI is InChI=1S/C26H18N2S/c29-22-16-15-20-26-24(19-13-7-8-14-21(19)28(22)26)23(17-9-3-1-4-10-17)25(27-20)18-11-5-2-6-12-18/h1-14H,15-16H2. The molecule has 0 atom stereocenters. The van der Waals surface area contributed by atoms with Gasteiger partial charge in [0.15, 0.2) is 0 Å². The van der Waals surface area contributed by atoms with Gasteiger partial charge in [0.1, 0.15) is 0 Å². The van der Waals surface area contributed by atoms with Gasteiger partial charge in [0, 0.05) is 28.3 Å². The highest BCUT2D eigenvalue weighted by Crippen LogP contribution is 2.44. The van der Waals surface area contributed by atoms with Crippen molar-refractivity contribution < 1.29 is 0 Å². The summed E-state index contributed by atoms with van der Waals surface area (Å²) in [6.45, 7) is 0. The van der Waals surface area contributed by atoms with Gasteiger partial charge in [-0.3, -0.25) is 0 Å². The van der Waals surface area contributed by atoms with Crippen LogP contribution in [0.4, 0.5) is 0 Å². The fourth-order valence-electron chi connectivity index (χ4n) is 4.59. The minimum absolute atomic E-state index is 0.863. The predicted molar refractivity (Wildman–Crippen MR) is 124 cm³/mol. The molecular formula is C26H18N2S. The third-order valence-corrected chi connectivity index (χ3v) is 6.20. The molecule has 0 N–H and O–H groups in total. The van der Waals surface area contributed by atoms with Crippen molar-refractivity contribution in [3.8, 4) is 22.4 Å². The number of nitrogens with zero attached hydrogens (tertiary/aromatic N) is 2. The van der Waals surface area contributed by atoms with E-state index in [-0.39, 0.29) is 0 Å². The van der Waals surface area contributed by atoms with Gasteiger partial charge in [-0.1, -0.05) is 91.1 Å². The average molecular weight is 391 g/mol. The van der Waals surface area contributed by atoms with Crippen LogP contribution in [0.5, 0.6) is 0 Å². The molecule has 3 heterocycles. The zero-order valence-corrected chi connectivity index (χ0v) is 16.6. The normalized spacial score (nSPS) is 13.3. The molecular weight excluding hydrogens is 372 g/mol. The van der Waals surface area contributed by atoms with Crippen molar-refractivity contribution in [3.05, 3.63) is 90.6 Å². The lowest BCUT2D eigenvalue weighted by Gasteiger charge is -2.20. The molecule has 2 nitrogen and oxygen atoms in total. The topological polar surface area (TPSA) is 17.8 Å². The number of thiocarbonyl (C=S) groups is 1. The highest BCUT2D eigenvalue weighted by molar-refractivity contribution is 7.80. The molecule has 0 saturated heterocycles. The molecule has 0 bridgehead atoms. The zero-order chi connectivity index (χ0) is 19.4. The summed E-state index contributed by atoms with van der Waals surface area (Å²) in [6.07, 6.45) is 1.75. The number of rotatable bonds is 2. The number of para-hydroxylation sites is 1. The Bertz CT molecular complexity index is 1400. The van der Waals surface area contributed by atoms with Crippen molar-refractivity contribution in [3.63, 3.8) is 0 Å². The van der Waals surface area contributed by atoms with E-state index in [0.29, 0.717) is 0 Å². The van der Waals surface area contributed by atoms with E-state index in [4.69, 9.17) is 17.2 Å². The minimum atomic E-state index is 0.863. The molecule has 3 aromatic carbocycles. The number of benzene rings is 3. The van der Waals surface area contributed by atoms with Gasteiger partial charge in [0.25, 0.3) is 0 Å². The van der Waals surface area contributed by atoms with Gasteiger partial charge in [-0.05, 0) is 18.1 Å². The second-order valence-electron chi connectivity index (χ2n) is 7.48. The Hall–Kier alpha value is -3.30. The van der Waals surface area contributed by atoms with Gasteiger partial charge in [-0.25, -0.2) is 4.98 Å². The van der Waals surface area contributed by atoms with E-state index in [1.165, 1.54) is 32.9 Å². The fourth-order valence-corrected chi connectivity index (χ4v) is 4.88. The predicted octanol–water partition coefficient (Wildman–Crippen LogP) is 6.65. The first-order valence-electron chi connectivity index (χ1n) is 9.93. The first-order chi connectivity index (χ1) is 14.3. The summed E-state index contributed by atoms with van der Waals surface area (Å²) >= 11 is 5.80. The molecule has 29 heavy (non-hydrogen) atoms. The summed E-state index contributed by atoms with van der Waals surface area (Å²) in [5.41, 5.74) is 8.08. The van der Waals surface area contributed by atoms with Crippen LogP contribution in [0.25, 0.3) is 44.2 Å². The van der Waals surface area contributed by atoms with Gasteiger partial charge in [0.2, 0.25) is 0 Å². The number of aryl methyl sites for hydroxylation is 1. The number of aromatic nitrogens is 2. The average Bonchev–Trinajstić information content (AvgIpc) is 3.14. The van der Waals surface area contributed by atoms with Crippen LogP contribution in [0, 0.1) is 0 Å². The van der Waals surface area contributed by atoms with E-state index in [1.54, 1.807) is 0 Å². The minimum Gasteiger partial charge on any atom is -0.301 e. The fraction of sp³-hybridized carbons (Fsp3) is 0.0769. The molecule has 0 saturated carbocycles. The quantitative estimate of drug-likeness (QED) is 0.314. The van der Waals surface area contributed by atoms with E-state index in [1.807, 2.05) is 0 Å². The Morgan fingerprint density at radius 3 is 2.14 bits per heavy atom. The molecule has 0 aliphatic carbocycles. The Morgan fingerprint density at radius 1 is 0.724 bits per heavy atom. The molecule has 2 aromatic heterocycles. The Kier molecular flexibility index (Phi) is 3.65. The summed E-state index contributed by atoms with van der Waals surface area (Å²) in [5.74, 6) is 0. The van der Waals surface area contributed by atoms with Gasteiger partial charge in [-0.15, -0.1) is 0 Å². The van der Waals surface area contributed by atoms with Gasteiger partial charge < -0.3 is 4.57 Å². The summed E-state index contributed by atoms with van der Waals surface area (Å²) in [7, 11) is 0.